The number of aryl methyl sites for hydroxylation is 1. The smallest absolute Gasteiger partial charge is 0.159 e. The average molecular weight is 292 g/mol. The van der Waals surface area contributed by atoms with Gasteiger partial charge in [-0.3, -0.25) is 4.79 Å². The van der Waals surface area contributed by atoms with Crippen LogP contribution in [0.3, 0.4) is 0 Å². The van der Waals surface area contributed by atoms with Gasteiger partial charge in [-0.2, -0.15) is 4.68 Å². The molecule has 0 bridgehead atoms. The van der Waals surface area contributed by atoms with E-state index in [1.54, 1.807) is 28.9 Å². The zero-order chi connectivity index (χ0) is 15.7. The van der Waals surface area contributed by atoms with Crippen molar-refractivity contribution in [2.24, 2.45) is 0 Å². The molecular weight excluding hydrogens is 276 g/mol. The maximum absolute atomic E-state index is 11.3. The Hall–Kier alpha value is -2.95. The van der Waals surface area contributed by atoms with Gasteiger partial charge in [0.2, 0.25) is 0 Å². The molecular formula is C17H16N4O. The molecule has 0 radical (unpaired) electrons. The van der Waals surface area contributed by atoms with E-state index in [1.165, 1.54) is 12.5 Å². The van der Waals surface area contributed by atoms with Crippen LogP contribution in [-0.4, -0.2) is 20.8 Å². The van der Waals surface area contributed by atoms with Gasteiger partial charge in [-0.1, -0.05) is 35.0 Å². The normalized spacial score (nSPS) is 10.6. The van der Waals surface area contributed by atoms with Crippen LogP contribution in [0.15, 0.2) is 48.5 Å². The number of carbonyl (C=O) groups excluding carboxylic acids is 1. The number of nitrogens with two attached hydrogens (primary N) is 1. The molecule has 0 amide bonds. The summed E-state index contributed by atoms with van der Waals surface area (Å²) in [6, 6.07) is 15.1. The van der Waals surface area contributed by atoms with E-state index in [9.17, 15) is 4.79 Å². The van der Waals surface area contributed by atoms with E-state index >= 15 is 0 Å². The topological polar surface area (TPSA) is 73.8 Å². The van der Waals surface area contributed by atoms with Crippen LogP contribution in [0.2, 0.25) is 0 Å². The first kappa shape index (κ1) is 14.0. The van der Waals surface area contributed by atoms with E-state index in [-0.39, 0.29) is 5.78 Å². The van der Waals surface area contributed by atoms with E-state index < -0.39 is 0 Å². The number of ketones is 1. The number of anilines is 1. The molecule has 110 valence electrons. The van der Waals surface area contributed by atoms with Crippen LogP contribution >= 0.6 is 0 Å². The van der Waals surface area contributed by atoms with E-state index in [1.807, 2.05) is 31.2 Å². The van der Waals surface area contributed by atoms with Crippen molar-refractivity contribution < 1.29 is 4.79 Å². The fourth-order valence-corrected chi connectivity index (χ4v) is 2.23. The molecule has 2 aromatic carbocycles. The number of carbonyl (C=O) groups is 1. The average Bonchev–Trinajstić information content (AvgIpc) is 2.90. The van der Waals surface area contributed by atoms with Crippen molar-refractivity contribution in [3.63, 3.8) is 0 Å². The molecule has 1 aromatic heterocycles. The van der Waals surface area contributed by atoms with Crippen LogP contribution in [0.1, 0.15) is 22.8 Å². The molecule has 0 aliphatic heterocycles. The van der Waals surface area contributed by atoms with Crippen molar-refractivity contribution >= 4 is 11.6 Å². The predicted molar refractivity (Wildman–Crippen MR) is 85.9 cm³/mol. The highest BCUT2D eigenvalue weighted by molar-refractivity contribution is 5.94. The molecule has 0 aliphatic carbocycles. The highest BCUT2D eigenvalue weighted by Gasteiger charge is 2.13. The second-order valence-corrected chi connectivity index (χ2v) is 5.20. The molecule has 22 heavy (non-hydrogen) atoms. The number of rotatable bonds is 3. The minimum Gasteiger partial charge on any atom is -0.382 e. The summed E-state index contributed by atoms with van der Waals surface area (Å²) in [4.78, 5) is 11.3. The van der Waals surface area contributed by atoms with Gasteiger partial charge in [0.1, 0.15) is 5.69 Å². The Labute approximate surface area is 128 Å². The molecule has 3 rings (SSSR count). The molecule has 0 aliphatic rings. The number of Topliss-reactive ketones (excluding diaryl/α,β-unsaturated/α-hetero) is 1. The lowest BCUT2D eigenvalue weighted by Crippen LogP contribution is -2.03. The lowest BCUT2D eigenvalue weighted by atomic mass is 10.1. The predicted octanol–water partition coefficient (Wildman–Crippen LogP) is 3.03. The molecule has 0 saturated heterocycles. The first-order valence-corrected chi connectivity index (χ1v) is 6.96. The summed E-state index contributed by atoms with van der Waals surface area (Å²) in [6.07, 6.45) is 0. The summed E-state index contributed by atoms with van der Waals surface area (Å²) >= 11 is 0. The van der Waals surface area contributed by atoms with Gasteiger partial charge >= 0.3 is 0 Å². The number of hydrogen-bond donors (Lipinski definition) is 1. The number of hydrogen-bond acceptors (Lipinski definition) is 4. The molecule has 0 fully saturated rings. The molecule has 5 heteroatoms. The van der Waals surface area contributed by atoms with Gasteiger partial charge in [-0.15, -0.1) is 5.10 Å². The van der Waals surface area contributed by atoms with Gasteiger partial charge in [0.15, 0.2) is 11.6 Å². The van der Waals surface area contributed by atoms with Gasteiger partial charge in [0.25, 0.3) is 0 Å². The highest BCUT2D eigenvalue weighted by atomic mass is 16.1. The van der Waals surface area contributed by atoms with E-state index in [0.29, 0.717) is 17.1 Å². The fourth-order valence-electron chi connectivity index (χ4n) is 2.23. The van der Waals surface area contributed by atoms with Crippen molar-refractivity contribution in [1.82, 2.24) is 15.0 Å². The number of nitrogens with zero attached hydrogens (tertiary/aromatic N) is 3. The van der Waals surface area contributed by atoms with E-state index in [0.717, 1.165) is 11.3 Å². The second kappa shape index (κ2) is 5.44. The first-order chi connectivity index (χ1) is 10.6. The summed E-state index contributed by atoms with van der Waals surface area (Å²) < 4.78 is 1.57. The summed E-state index contributed by atoms with van der Waals surface area (Å²) in [5, 5.41) is 8.29. The SMILES string of the molecule is CC(=O)c1ccc(-n2nnc(-c3ccc(C)cc3)c2N)cc1. The Bertz CT molecular complexity index is 817. The summed E-state index contributed by atoms with van der Waals surface area (Å²) in [5.74, 6) is 0.498. The minimum atomic E-state index is 0.0263. The number of nitrogen functional groups attached to an aromatic ring is 1. The van der Waals surface area contributed by atoms with Crippen LogP contribution in [0, 0.1) is 6.92 Å². The van der Waals surface area contributed by atoms with Crippen molar-refractivity contribution in [3.05, 3.63) is 59.7 Å². The lowest BCUT2D eigenvalue weighted by Gasteiger charge is -2.04. The monoisotopic (exact) mass is 292 g/mol. The molecule has 3 aromatic rings. The summed E-state index contributed by atoms with van der Waals surface area (Å²) in [7, 11) is 0. The van der Waals surface area contributed by atoms with Crippen LogP contribution in [0.5, 0.6) is 0 Å². The van der Waals surface area contributed by atoms with Crippen molar-refractivity contribution in [3.8, 4) is 16.9 Å². The van der Waals surface area contributed by atoms with Crippen LogP contribution in [0.25, 0.3) is 16.9 Å². The Morgan fingerprint density at radius 3 is 2.27 bits per heavy atom. The quantitative estimate of drug-likeness (QED) is 0.753. The molecule has 2 N–H and O–H groups in total. The Balaban J connectivity index is 1.99. The Morgan fingerprint density at radius 1 is 1.05 bits per heavy atom. The first-order valence-electron chi connectivity index (χ1n) is 6.96. The van der Waals surface area contributed by atoms with E-state index in [2.05, 4.69) is 10.3 Å². The molecule has 0 atom stereocenters. The fraction of sp³-hybridized carbons (Fsp3) is 0.118. The molecule has 0 unspecified atom stereocenters. The lowest BCUT2D eigenvalue weighted by molar-refractivity contribution is 0.101. The van der Waals surface area contributed by atoms with Crippen LogP contribution in [-0.2, 0) is 0 Å². The third-order valence-electron chi connectivity index (χ3n) is 3.55. The van der Waals surface area contributed by atoms with Gasteiger partial charge in [-0.05, 0) is 38.1 Å². The van der Waals surface area contributed by atoms with Crippen LogP contribution < -0.4 is 5.73 Å². The summed E-state index contributed by atoms with van der Waals surface area (Å²) in [6.45, 7) is 3.56. The van der Waals surface area contributed by atoms with Gasteiger partial charge in [0, 0.05) is 11.1 Å². The Kier molecular flexibility index (Phi) is 3.47. The standard InChI is InChI=1S/C17H16N4O/c1-11-3-5-14(6-4-11)16-17(18)21(20-19-16)15-9-7-13(8-10-15)12(2)22/h3-10H,18H2,1-2H3. The third kappa shape index (κ3) is 2.48. The number of aromatic nitrogens is 3. The van der Waals surface area contributed by atoms with Gasteiger partial charge in [0.05, 0.1) is 5.69 Å². The Morgan fingerprint density at radius 2 is 1.68 bits per heavy atom. The minimum absolute atomic E-state index is 0.0263. The van der Waals surface area contributed by atoms with E-state index in [4.69, 9.17) is 5.73 Å². The van der Waals surface area contributed by atoms with Gasteiger partial charge < -0.3 is 5.73 Å². The largest absolute Gasteiger partial charge is 0.382 e. The van der Waals surface area contributed by atoms with Gasteiger partial charge in [-0.25, -0.2) is 0 Å². The zero-order valence-corrected chi connectivity index (χ0v) is 12.4. The second-order valence-electron chi connectivity index (χ2n) is 5.20. The summed E-state index contributed by atoms with van der Waals surface area (Å²) in [5.41, 5.74) is 10.3. The van der Waals surface area contributed by atoms with Crippen molar-refractivity contribution in [2.75, 3.05) is 5.73 Å². The highest BCUT2D eigenvalue weighted by Crippen LogP contribution is 2.25. The van der Waals surface area contributed by atoms with Crippen molar-refractivity contribution in [1.29, 1.82) is 0 Å². The zero-order valence-electron chi connectivity index (χ0n) is 12.4. The molecule has 0 saturated carbocycles. The third-order valence-corrected chi connectivity index (χ3v) is 3.55. The molecule has 1 heterocycles. The molecule has 5 nitrogen and oxygen atoms in total. The molecule has 0 spiro atoms. The van der Waals surface area contributed by atoms with Crippen molar-refractivity contribution in [2.45, 2.75) is 13.8 Å². The number of benzene rings is 2. The van der Waals surface area contributed by atoms with Crippen LogP contribution in [0.4, 0.5) is 5.82 Å². The maximum Gasteiger partial charge on any atom is 0.159 e. The maximum atomic E-state index is 11.3.